The number of anilines is 1. The molecule has 0 amide bonds. The van der Waals surface area contributed by atoms with E-state index in [9.17, 15) is 21.6 Å². The van der Waals surface area contributed by atoms with Gasteiger partial charge in [0.15, 0.2) is 5.13 Å². The largest absolute Gasteiger partial charge is 0.417 e. The van der Waals surface area contributed by atoms with Gasteiger partial charge >= 0.3 is 6.18 Å². The Kier molecular flexibility index (Phi) is 5.03. The summed E-state index contributed by atoms with van der Waals surface area (Å²) in [6, 6.07) is 4.06. The number of sulfonamides is 1. The summed E-state index contributed by atoms with van der Waals surface area (Å²) in [5, 5.41) is 2.62. The van der Waals surface area contributed by atoms with Crippen LogP contribution in [0.15, 0.2) is 40.7 Å². The SMILES string of the molecule is O=S(=O)(NCC1CCCN1c1nccs1)c1ccccc1C(F)(F)F. The van der Waals surface area contributed by atoms with Crippen LogP contribution >= 0.6 is 11.3 Å². The number of alkyl halides is 3. The van der Waals surface area contributed by atoms with Crippen LogP contribution in [0.25, 0.3) is 0 Å². The fourth-order valence-corrected chi connectivity index (χ4v) is 4.92. The van der Waals surface area contributed by atoms with Crippen LogP contribution in [0.3, 0.4) is 0 Å². The van der Waals surface area contributed by atoms with E-state index in [4.69, 9.17) is 0 Å². The normalized spacial score (nSPS) is 18.7. The van der Waals surface area contributed by atoms with E-state index in [-0.39, 0.29) is 12.6 Å². The second-order valence-electron chi connectivity index (χ2n) is 5.65. The highest BCUT2D eigenvalue weighted by Crippen LogP contribution is 2.34. The molecule has 0 radical (unpaired) electrons. The third-order valence-electron chi connectivity index (χ3n) is 4.03. The second kappa shape index (κ2) is 6.93. The molecule has 0 bridgehead atoms. The summed E-state index contributed by atoms with van der Waals surface area (Å²) < 4.78 is 66.3. The third kappa shape index (κ3) is 3.96. The van der Waals surface area contributed by atoms with Crippen molar-refractivity contribution >= 4 is 26.5 Å². The molecule has 2 heterocycles. The summed E-state index contributed by atoms with van der Waals surface area (Å²) in [6.45, 7) is 0.785. The maximum absolute atomic E-state index is 13.1. The summed E-state index contributed by atoms with van der Waals surface area (Å²) in [7, 11) is -4.27. The minimum Gasteiger partial charge on any atom is -0.344 e. The van der Waals surface area contributed by atoms with Crippen molar-refractivity contribution in [3.63, 3.8) is 0 Å². The molecular formula is C15H16F3N3O2S2. The molecule has 1 aromatic heterocycles. The predicted molar refractivity (Wildman–Crippen MR) is 89.1 cm³/mol. The summed E-state index contributed by atoms with van der Waals surface area (Å²) in [5.74, 6) is 0. The van der Waals surface area contributed by atoms with Gasteiger partial charge in [-0.1, -0.05) is 12.1 Å². The van der Waals surface area contributed by atoms with Gasteiger partial charge in [0.05, 0.1) is 10.5 Å². The molecule has 1 atom stereocenters. The molecule has 1 fully saturated rings. The Bertz CT molecular complexity index is 823. The number of hydrogen-bond donors (Lipinski definition) is 1. The minimum atomic E-state index is -4.73. The maximum Gasteiger partial charge on any atom is 0.417 e. The Morgan fingerprint density at radius 2 is 2.08 bits per heavy atom. The lowest BCUT2D eigenvalue weighted by atomic mass is 10.2. The van der Waals surface area contributed by atoms with Crippen LogP contribution in [0.1, 0.15) is 18.4 Å². The first-order valence-corrected chi connectivity index (χ1v) is 9.97. The Labute approximate surface area is 147 Å². The number of nitrogens with one attached hydrogen (secondary N) is 1. The van der Waals surface area contributed by atoms with E-state index in [0.29, 0.717) is 0 Å². The molecule has 1 unspecified atom stereocenters. The van der Waals surface area contributed by atoms with Gasteiger partial charge in [-0.05, 0) is 25.0 Å². The fourth-order valence-electron chi connectivity index (χ4n) is 2.88. The van der Waals surface area contributed by atoms with Crippen molar-refractivity contribution < 1.29 is 21.6 Å². The van der Waals surface area contributed by atoms with Crippen LogP contribution in [-0.4, -0.2) is 32.5 Å². The summed E-state index contributed by atoms with van der Waals surface area (Å²) >= 11 is 1.45. The van der Waals surface area contributed by atoms with Gasteiger partial charge in [-0.25, -0.2) is 18.1 Å². The molecule has 1 aliphatic rings. The molecule has 0 aliphatic carbocycles. The number of aromatic nitrogens is 1. The first kappa shape index (κ1) is 18.2. The number of hydrogen-bond acceptors (Lipinski definition) is 5. The van der Waals surface area contributed by atoms with Crippen molar-refractivity contribution in [2.24, 2.45) is 0 Å². The van der Waals surface area contributed by atoms with Gasteiger partial charge in [0.2, 0.25) is 10.0 Å². The van der Waals surface area contributed by atoms with E-state index in [1.807, 2.05) is 10.3 Å². The summed E-state index contributed by atoms with van der Waals surface area (Å²) in [6.07, 6.45) is -1.43. The first-order valence-electron chi connectivity index (χ1n) is 7.61. The Balaban J connectivity index is 1.77. The standard InChI is InChI=1S/C15H16F3N3O2S2/c16-15(17,18)12-5-1-2-6-13(12)25(22,23)20-10-11-4-3-8-21(11)14-19-7-9-24-14/h1-2,5-7,9,11,20H,3-4,8,10H2. The number of nitrogens with zero attached hydrogens (tertiary/aromatic N) is 2. The Hall–Kier alpha value is -1.65. The quantitative estimate of drug-likeness (QED) is 0.851. The highest BCUT2D eigenvalue weighted by Gasteiger charge is 2.37. The topological polar surface area (TPSA) is 62.3 Å². The monoisotopic (exact) mass is 391 g/mol. The van der Waals surface area contributed by atoms with Crippen LogP contribution in [0.4, 0.5) is 18.3 Å². The van der Waals surface area contributed by atoms with Gasteiger partial charge in [-0.2, -0.15) is 13.2 Å². The molecule has 0 saturated carbocycles. The highest BCUT2D eigenvalue weighted by atomic mass is 32.2. The lowest BCUT2D eigenvalue weighted by molar-refractivity contribution is -0.139. The lowest BCUT2D eigenvalue weighted by Crippen LogP contribution is -2.40. The average molecular weight is 391 g/mol. The number of rotatable bonds is 5. The zero-order valence-corrected chi connectivity index (χ0v) is 14.7. The molecule has 0 spiro atoms. The van der Waals surface area contributed by atoms with Gasteiger partial charge in [0.1, 0.15) is 0 Å². The maximum atomic E-state index is 13.1. The molecule has 1 N–H and O–H groups in total. The van der Waals surface area contributed by atoms with Crippen molar-refractivity contribution in [1.82, 2.24) is 9.71 Å². The molecule has 1 saturated heterocycles. The number of thiazole rings is 1. The molecule has 136 valence electrons. The van der Waals surface area contributed by atoms with E-state index in [0.717, 1.165) is 36.7 Å². The molecule has 1 aliphatic heterocycles. The van der Waals surface area contributed by atoms with E-state index in [1.54, 1.807) is 6.20 Å². The van der Waals surface area contributed by atoms with Crippen molar-refractivity contribution in [3.05, 3.63) is 41.4 Å². The molecular weight excluding hydrogens is 375 g/mol. The predicted octanol–water partition coefficient (Wildman–Crippen LogP) is 3.11. The van der Waals surface area contributed by atoms with Crippen molar-refractivity contribution in [2.45, 2.75) is 30.0 Å². The van der Waals surface area contributed by atoms with E-state index in [1.165, 1.54) is 23.5 Å². The summed E-state index contributed by atoms with van der Waals surface area (Å²) in [4.78, 5) is 5.46. The zero-order chi connectivity index (χ0) is 18.1. The zero-order valence-electron chi connectivity index (χ0n) is 13.0. The molecule has 1 aromatic carbocycles. The second-order valence-corrected chi connectivity index (χ2v) is 8.26. The van der Waals surface area contributed by atoms with E-state index < -0.39 is 26.7 Å². The van der Waals surface area contributed by atoms with Crippen molar-refractivity contribution in [2.75, 3.05) is 18.0 Å². The third-order valence-corrected chi connectivity index (χ3v) is 6.32. The Morgan fingerprint density at radius 1 is 1.32 bits per heavy atom. The van der Waals surface area contributed by atoms with Crippen LogP contribution < -0.4 is 9.62 Å². The molecule has 5 nitrogen and oxygen atoms in total. The van der Waals surface area contributed by atoms with Crippen LogP contribution in [-0.2, 0) is 16.2 Å². The molecule has 2 aromatic rings. The first-order chi connectivity index (χ1) is 11.8. The number of halogens is 3. The minimum absolute atomic E-state index is 0.0358. The lowest BCUT2D eigenvalue weighted by Gasteiger charge is -2.24. The highest BCUT2D eigenvalue weighted by molar-refractivity contribution is 7.89. The van der Waals surface area contributed by atoms with Gasteiger partial charge in [0, 0.05) is 30.7 Å². The van der Waals surface area contributed by atoms with Crippen molar-refractivity contribution in [3.8, 4) is 0 Å². The molecule has 3 rings (SSSR count). The molecule has 25 heavy (non-hydrogen) atoms. The van der Waals surface area contributed by atoms with E-state index in [2.05, 4.69) is 9.71 Å². The summed E-state index contributed by atoms with van der Waals surface area (Å²) in [5.41, 5.74) is -1.16. The van der Waals surface area contributed by atoms with Crippen molar-refractivity contribution in [1.29, 1.82) is 0 Å². The van der Waals surface area contributed by atoms with E-state index >= 15 is 0 Å². The van der Waals surface area contributed by atoms with Gasteiger partial charge in [-0.15, -0.1) is 11.3 Å². The Morgan fingerprint density at radius 3 is 2.76 bits per heavy atom. The average Bonchev–Trinajstić information content (AvgIpc) is 3.23. The van der Waals surface area contributed by atoms with Gasteiger partial charge < -0.3 is 4.90 Å². The van der Waals surface area contributed by atoms with Crippen LogP contribution in [0.2, 0.25) is 0 Å². The fraction of sp³-hybridized carbons (Fsp3) is 0.400. The van der Waals surface area contributed by atoms with Crippen LogP contribution in [0.5, 0.6) is 0 Å². The number of benzene rings is 1. The van der Waals surface area contributed by atoms with Crippen LogP contribution in [0, 0.1) is 0 Å². The van der Waals surface area contributed by atoms with Gasteiger partial charge in [-0.3, -0.25) is 0 Å². The van der Waals surface area contributed by atoms with Gasteiger partial charge in [0.25, 0.3) is 0 Å². The smallest absolute Gasteiger partial charge is 0.344 e. The molecule has 10 heteroatoms.